The van der Waals surface area contributed by atoms with Crippen molar-refractivity contribution in [3.8, 4) is 11.4 Å². The molecule has 0 bridgehead atoms. The molecule has 1 aromatic heterocycles. The Labute approximate surface area is 156 Å². The van der Waals surface area contributed by atoms with Gasteiger partial charge in [-0.25, -0.2) is 4.98 Å². The molecule has 0 atom stereocenters. The summed E-state index contributed by atoms with van der Waals surface area (Å²) in [6, 6.07) is 7.01. The van der Waals surface area contributed by atoms with E-state index in [0.29, 0.717) is 23.0 Å². The minimum atomic E-state index is -0.312. The first-order valence-corrected chi connectivity index (χ1v) is 8.90. The zero-order valence-corrected chi connectivity index (χ0v) is 15.1. The van der Waals surface area contributed by atoms with Crippen LogP contribution in [-0.4, -0.2) is 60.2 Å². The number of nitrogens with one attached hydrogen (secondary N) is 2. The van der Waals surface area contributed by atoms with Crippen molar-refractivity contribution in [3.63, 3.8) is 0 Å². The van der Waals surface area contributed by atoms with Crippen LogP contribution in [0.5, 0.6) is 0 Å². The molecule has 3 rings (SSSR count). The van der Waals surface area contributed by atoms with Gasteiger partial charge >= 0.3 is 0 Å². The van der Waals surface area contributed by atoms with Crippen LogP contribution in [0.25, 0.3) is 11.4 Å². The van der Waals surface area contributed by atoms with Crippen LogP contribution >= 0.6 is 11.6 Å². The minimum Gasteiger partial charge on any atom is -0.379 e. The van der Waals surface area contributed by atoms with Gasteiger partial charge in [-0.05, 0) is 24.3 Å². The zero-order chi connectivity index (χ0) is 18.4. The number of hydrogen-bond donors (Lipinski definition) is 2. The number of morpholine rings is 1. The third-order valence-electron chi connectivity index (χ3n) is 4.20. The molecule has 2 N–H and O–H groups in total. The summed E-state index contributed by atoms with van der Waals surface area (Å²) >= 11 is 5.86. The Morgan fingerprint density at radius 3 is 2.69 bits per heavy atom. The second-order valence-corrected chi connectivity index (χ2v) is 6.51. The summed E-state index contributed by atoms with van der Waals surface area (Å²) in [6.45, 7) is 4.55. The Bertz CT molecular complexity index is 801. The second-order valence-electron chi connectivity index (χ2n) is 6.07. The van der Waals surface area contributed by atoms with Crippen molar-refractivity contribution in [2.45, 2.75) is 6.42 Å². The van der Waals surface area contributed by atoms with Gasteiger partial charge < -0.3 is 15.0 Å². The van der Waals surface area contributed by atoms with Gasteiger partial charge in [0.05, 0.1) is 19.6 Å². The molecule has 7 nitrogen and oxygen atoms in total. The van der Waals surface area contributed by atoms with E-state index in [0.717, 1.165) is 38.4 Å². The van der Waals surface area contributed by atoms with Gasteiger partial charge in [0, 0.05) is 48.5 Å². The van der Waals surface area contributed by atoms with Crippen LogP contribution in [0.1, 0.15) is 5.56 Å². The topological polar surface area (TPSA) is 87.3 Å². The molecule has 1 aromatic carbocycles. The van der Waals surface area contributed by atoms with Crippen LogP contribution in [0.4, 0.5) is 0 Å². The molecule has 0 radical (unpaired) electrons. The predicted octanol–water partition coefficient (Wildman–Crippen LogP) is 1.08. The average Bonchev–Trinajstić information content (AvgIpc) is 2.65. The highest BCUT2D eigenvalue weighted by molar-refractivity contribution is 6.30. The third-order valence-corrected chi connectivity index (χ3v) is 4.45. The van der Waals surface area contributed by atoms with Crippen molar-refractivity contribution in [2.75, 3.05) is 39.4 Å². The molecule has 8 heteroatoms. The molecule has 1 fully saturated rings. The summed E-state index contributed by atoms with van der Waals surface area (Å²) in [6.07, 6.45) is 1.46. The highest BCUT2D eigenvalue weighted by Gasteiger charge is 2.12. The fourth-order valence-electron chi connectivity index (χ4n) is 2.72. The monoisotopic (exact) mass is 376 g/mol. The molecule has 138 valence electrons. The lowest BCUT2D eigenvalue weighted by molar-refractivity contribution is -0.120. The minimum absolute atomic E-state index is 0.00629. The summed E-state index contributed by atoms with van der Waals surface area (Å²) in [5, 5.41) is 3.45. The molecule has 1 aliphatic rings. The smallest absolute Gasteiger partial charge is 0.254 e. The van der Waals surface area contributed by atoms with Gasteiger partial charge in [-0.1, -0.05) is 11.6 Å². The van der Waals surface area contributed by atoms with Gasteiger partial charge in [0.25, 0.3) is 5.56 Å². The van der Waals surface area contributed by atoms with Crippen LogP contribution in [0, 0.1) is 0 Å². The van der Waals surface area contributed by atoms with E-state index in [2.05, 4.69) is 20.2 Å². The van der Waals surface area contributed by atoms with Crippen molar-refractivity contribution < 1.29 is 9.53 Å². The molecular formula is C18H21ClN4O3. The molecule has 0 saturated carbocycles. The van der Waals surface area contributed by atoms with Crippen molar-refractivity contribution >= 4 is 17.5 Å². The maximum atomic E-state index is 12.2. The van der Waals surface area contributed by atoms with Crippen molar-refractivity contribution in [2.24, 2.45) is 0 Å². The van der Waals surface area contributed by atoms with Gasteiger partial charge in [0.2, 0.25) is 5.91 Å². The van der Waals surface area contributed by atoms with E-state index >= 15 is 0 Å². The SMILES string of the molecule is O=C(Cc1cnc(-c2ccc(Cl)cc2)[nH]c1=O)NCCN1CCOCC1. The van der Waals surface area contributed by atoms with Gasteiger partial charge in [-0.3, -0.25) is 14.5 Å². The van der Waals surface area contributed by atoms with Gasteiger partial charge in [0.1, 0.15) is 5.82 Å². The molecule has 0 aliphatic carbocycles. The van der Waals surface area contributed by atoms with Crippen molar-refractivity contribution in [1.82, 2.24) is 20.2 Å². The number of carbonyl (C=O) groups excluding carboxylic acids is 1. The fourth-order valence-corrected chi connectivity index (χ4v) is 2.84. The summed E-state index contributed by atoms with van der Waals surface area (Å²) in [5.41, 5.74) is 0.785. The van der Waals surface area contributed by atoms with E-state index in [-0.39, 0.29) is 17.9 Å². The number of amides is 1. The number of H-pyrrole nitrogens is 1. The van der Waals surface area contributed by atoms with Crippen LogP contribution in [0.3, 0.4) is 0 Å². The number of aromatic nitrogens is 2. The molecule has 1 amide bonds. The highest BCUT2D eigenvalue weighted by atomic mass is 35.5. The Kier molecular flexibility index (Phi) is 6.38. The van der Waals surface area contributed by atoms with E-state index in [1.54, 1.807) is 24.3 Å². The average molecular weight is 377 g/mol. The number of aromatic amines is 1. The lowest BCUT2D eigenvalue weighted by Gasteiger charge is -2.26. The van der Waals surface area contributed by atoms with Crippen LogP contribution in [0.15, 0.2) is 35.3 Å². The van der Waals surface area contributed by atoms with E-state index in [9.17, 15) is 9.59 Å². The van der Waals surface area contributed by atoms with Crippen LogP contribution in [0.2, 0.25) is 5.02 Å². The van der Waals surface area contributed by atoms with E-state index in [1.807, 2.05) is 0 Å². The first kappa shape index (κ1) is 18.6. The number of benzene rings is 1. The Hall–Kier alpha value is -2.22. The molecule has 1 saturated heterocycles. The first-order chi connectivity index (χ1) is 12.6. The van der Waals surface area contributed by atoms with Crippen LogP contribution < -0.4 is 10.9 Å². The molecule has 2 aromatic rings. The molecule has 1 aliphatic heterocycles. The maximum absolute atomic E-state index is 12.2. The fraction of sp³-hybridized carbons (Fsp3) is 0.389. The van der Waals surface area contributed by atoms with Crippen LogP contribution in [-0.2, 0) is 16.0 Å². The summed E-state index contributed by atoms with van der Waals surface area (Å²) in [7, 11) is 0. The Morgan fingerprint density at radius 1 is 1.27 bits per heavy atom. The number of carbonyl (C=O) groups is 1. The van der Waals surface area contributed by atoms with Gasteiger partial charge in [-0.15, -0.1) is 0 Å². The van der Waals surface area contributed by atoms with E-state index in [4.69, 9.17) is 16.3 Å². The lowest BCUT2D eigenvalue weighted by atomic mass is 10.2. The zero-order valence-electron chi connectivity index (χ0n) is 14.3. The molecule has 2 heterocycles. The highest BCUT2D eigenvalue weighted by Crippen LogP contribution is 2.16. The summed E-state index contributed by atoms with van der Waals surface area (Å²) < 4.78 is 5.29. The Balaban J connectivity index is 1.53. The molecule has 26 heavy (non-hydrogen) atoms. The number of hydrogen-bond acceptors (Lipinski definition) is 5. The second kappa shape index (κ2) is 8.93. The van der Waals surface area contributed by atoms with Crippen molar-refractivity contribution in [1.29, 1.82) is 0 Å². The number of nitrogens with zero attached hydrogens (tertiary/aromatic N) is 2. The lowest BCUT2D eigenvalue weighted by Crippen LogP contribution is -2.41. The first-order valence-electron chi connectivity index (χ1n) is 8.53. The molecule has 0 spiro atoms. The number of ether oxygens (including phenoxy) is 1. The van der Waals surface area contributed by atoms with Gasteiger partial charge in [-0.2, -0.15) is 0 Å². The number of halogens is 1. The standard InChI is InChI=1S/C18H21ClN4O3/c19-15-3-1-13(2-4-15)17-21-12-14(18(25)22-17)11-16(24)20-5-6-23-7-9-26-10-8-23/h1-4,12H,5-11H2,(H,20,24)(H,21,22,25). The normalized spacial score (nSPS) is 15.0. The molecule has 0 unspecified atom stereocenters. The maximum Gasteiger partial charge on any atom is 0.254 e. The number of rotatable bonds is 6. The van der Waals surface area contributed by atoms with Gasteiger partial charge in [0.15, 0.2) is 0 Å². The third kappa shape index (κ3) is 5.14. The Morgan fingerprint density at radius 2 is 2.00 bits per heavy atom. The largest absolute Gasteiger partial charge is 0.379 e. The van der Waals surface area contributed by atoms with Crippen molar-refractivity contribution in [3.05, 3.63) is 51.4 Å². The van der Waals surface area contributed by atoms with E-state index < -0.39 is 0 Å². The van der Waals surface area contributed by atoms with E-state index in [1.165, 1.54) is 6.20 Å². The summed E-state index contributed by atoms with van der Waals surface area (Å²) in [5.74, 6) is 0.257. The predicted molar refractivity (Wildman–Crippen MR) is 99.3 cm³/mol. The quantitative estimate of drug-likeness (QED) is 0.787. The summed E-state index contributed by atoms with van der Waals surface area (Å²) in [4.78, 5) is 33.5. The molecular weight excluding hydrogens is 356 g/mol.